The van der Waals surface area contributed by atoms with E-state index in [1.54, 1.807) is 27.7 Å². The van der Waals surface area contributed by atoms with Gasteiger partial charge in [-0.2, -0.15) is 0 Å². The van der Waals surface area contributed by atoms with Gasteiger partial charge in [0.05, 0.1) is 6.10 Å². The Kier molecular flexibility index (Phi) is 5.46. The zero-order valence-corrected chi connectivity index (χ0v) is 14.2. The van der Waals surface area contributed by atoms with Gasteiger partial charge in [0, 0.05) is 17.3 Å². The van der Waals surface area contributed by atoms with Crippen LogP contribution in [0.15, 0.2) is 0 Å². The second-order valence-corrected chi connectivity index (χ2v) is 6.38. The average Bonchev–Trinajstić information content (AvgIpc) is 3.06. The van der Waals surface area contributed by atoms with Crippen molar-refractivity contribution in [1.29, 1.82) is 0 Å². The van der Waals surface area contributed by atoms with Gasteiger partial charge in [-0.3, -0.25) is 4.79 Å². The van der Waals surface area contributed by atoms with Crippen molar-refractivity contribution in [3.63, 3.8) is 0 Å². The molecule has 1 amide bonds. The summed E-state index contributed by atoms with van der Waals surface area (Å²) in [5, 5.41) is 12.7. The van der Waals surface area contributed by atoms with E-state index in [0.717, 1.165) is 31.4 Å². The summed E-state index contributed by atoms with van der Waals surface area (Å²) in [5.74, 6) is -0.839. The zero-order valence-electron chi connectivity index (χ0n) is 14.2. The van der Waals surface area contributed by atoms with E-state index in [1.807, 2.05) is 0 Å². The lowest BCUT2D eigenvalue weighted by atomic mass is 10.1. The highest BCUT2D eigenvalue weighted by Crippen LogP contribution is 2.25. The van der Waals surface area contributed by atoms with Crippen molar-refractivity contribution in [3.8, 4) is 0 Å². The highest BCUT2D eigenvalue weighted by atomic mass is 16.5. The third-order valence-electron chi connectivity index (χ3n) is 4.47. The summed E-state index contributed by atoms with van der Waals surface area (Å²) in [6.07, 6.45) is 2.71. The number of esters is 1. The van der Waals surface area contributed by atoms with Crippen LogP contribution in [0.4, 0.5) is 0 Å². The predicted octanol–water partition coefficient (Wildman–Crippen LogP) is 2.29. The maximum atomic E-state index is 12.3. The van der Waals surface area contributed by atoms with Gasteiger partial charge in [0.25, 0.3) is 5.91 Å². The molecular formula is C17H26N2O4. The molecule has 0 bridgehead atoms. The van der Waals surface area contributed by atoms with Crippen LogP contribution in [0.25, 0.3) is 0 Å². The summed E-state index contributed by atoms with van der Waals surface area (Å²) in [6.45, 7) is 6.77. The van der Waals surface area contributed by atoms with E-state index in [4.69, 9.17) is 4.74 Å². The third-order valence-corrected chi connectivity index (χ3v) is 4.47. The Morgan fingerprint density at radius 3 is 2.39 bits per heavy atom. The van der Waals surface area contributed by atoms with Crippen LogP contribution in [-0.4, -0.2) is 34.1 Å². The molecule has 1 aromatic heterocycles. The number of H-pyrrole nitrogens is 1. The number of rotatable bonds is 5. The Morgan fingerprint density at radius 1 is 1.26 bits per heavy atom. The van der Waals surface area contributed by atoms with E-state index in [9.17, 15) is 14.7 Å². The lowest BCUT2D eigenvalue weighted by molar-refractivity contribution is -0.129. The highest BCUT2D eigenvalue weighted by Gasteiger charge is 2.26. The third kappa shape index (κ3) is 3.93. The van der Waals surface area contributed by atoms with Gasteiger partial charge in [0.1, 0.15) is 5.69 Å². The summed E-state index contributed by atoms with van der Waals surface area (Å²) in [6, 6.07) is 0.194. The molecule has 0 unspecified atom stereocenters. The number of aliphatic hydroxyl groups excluding tert-OH is 1. The number of aryl methyl sites for hydroxylation is 1. The standard InChI is InChI=1S/C17H26N2O4/c1-9-14(11(3)20)10(2)18-15(9)17(22)23-12(4)16(21)19-13-7-5-6-8-13/h11-13,18,20H,5-8H2,1-4H3,(H,19,21)/t11-,12+/m0/s1. The maximum absolute atomic E-state index is 12.3. The molecule has 2 rings (SSSR count). The minimum atomic E-state index is -0.846. The lowest BCUT2D eigenvalue weighted by Crippen LogP contribution is -2.40. The molecule has 0 saturated heterocycles. The minimum Gasteiger partial charge on any atom is -0.448 e. The molecule has 3 N–H and O–H groups in total. The molecule has 0 aromatic carbocycles. The number of hydrogen-bond donors (Lipinski definition) is 3. The van der Waals surface area contributed by atoms with Crippen LogP contribution in [0.3, 0.4) is 0 Å². The van der Waals surface area contributed by atoms with Crippen molar-refractivity contribution >= 4 is 11.9 Å². The number of aromatic amines is 1. The monoisotopic (exact) mass is 322 g/mol. The molecule has 1 fully saturated rings. The first-order chi connectivity index (χ1) is 10.8. The quantitative estimate of drug-likeness (QED) is 0.725. The average molecular weight is 322 g/mol. The van der Waals surface area contributed by atoms with Crippen molar-refractivity contribution in [3.05, 3.63) is 22.5 Å². The Bertz CT molecular complexity index is 586. The summed E-state index contributed by atoms with van der Waals surface area (Å²) in [5.41, 5.74) is 2.37. The normalized spacial score (nSPS) is 17.8. The first-order valence-corrected chi connectivity index (χ1v) is 8.19. The molecule has 0 radical (unpaired) electrons. The number of carbonyl (C=O) groups excluding carboxylic acids is 2. The van der Waals surface area contributed by atoms with Crippen molar-refractivity contribution in [2.75, 3.05) is 0 Å². The molecular weight excluding hydrogens is 296 g/mol. The molecule has 23 heavy (non-hydrogen) atoms. The predicted molar refractivity (Wildman–Crippen MR) is 86.2 cm³/mol. The summed E-state index contributed by atoms with van der Waals surface area (Å²) in [7, 11) is 0. The lowest BCUT2D eigenvalue weighted by Gasteiger charge is -2.17. The van der Waals surface area contributed by atoms with Gasteiger partial charge in [-0.25, -0.2) is 4.79 Å². The number of hydrogen-bond acceptors (Lipinski definition) is 4. The topological polar surface area (TPSA) is 91.4 Å². The van der Waals surface area contributed by atoms with E-state index < -0.39 is 18.2 Å². The van der Waals surface area contributed by atoms with Gasteiger partial charge in [-0.1, -0.05) is 12.8 Å². The molecule has 128 valence electrons. The van der Waals surface area contributed by atoms with Gasteiger partial charge in [0.15, 0.2) is 6.10 Å². The second kappa shape index (κ2) is 7.17. The summed E-state index contributed by atoms with van der Waals surface area (Å²) >= 11 is 0. The van der Waals surface area contributed by atoms with Crippen LogP contribution in [0.5, 0.6) is 0 Å². The fourth-order valence-corrected chi connectivity index (χ4v) is 3.26. The van der Waals surface area contributed by atoms with Gasteiger partial charge < -0.3 is 20.1 Å². The van der Waals surface area contributed by atoms with Crippen LogP contribution >= 0.6 is 0 Å². The van der Waals surface area contributed by atoms with Crippen LogP contribution in [0.2, 0.25) is 0 Å². The molecule has 1 aromatic rings. The fourth-order valence-electron chi connectivity index (χ4n) is 3.26. The molecule has 0 aliphatic heterocycles. The minimum absolute atomic E-state index is 0.194. The number of amides is 1. The van der Waals surface area contributed by atoms with Gasteiger partial charge in [-0.15, -0.1) is 0 Å². The Balaban J connectivity index is 2.00. The van der Waals surface area contributed by atoms with Crippen molar-refractivity contribution in [1.82, 2.24) is 10.3 Å². The van der Waals surface area contributed by atoms with E-state index in [2.05, 4.69) is 10.3 Å². The highest BCUT2D eigenvalue weighted by molar-refractivity contribution is 5.92. The van der Waals surface area contributed by atoms with E-state index in [1.165, 1.54) is 0 Å². The van der Waals surface area contributed by atoms with Gasteiger partial charge in [0.2, 0.25) is 0 Å². The van der Waals surface area contributed by atoms with Crippen LogP contribution in [0.1, 0.15) is 72.9 Å². The Morgan fingerprint density at radius 2 is 1.87 bits per heavy atom. The fraction of sp³-hybridized carbons (Fsp3) is 0.647. The Labute approximate surface area is 136 Å². The number of ether oxygens (including phenoxy) is 1. The first kappa shape index (κ1) is 17.5. The molecule has 1 saturated carbocycles. The van der Waals surface area contributed by atoms with Crippen LogP contribution in [-0.2, 0) is 9.53 Å². The number of aliphatic hydroxyl groups is 1. The molecule has 1 aliphatic rings. The van der Waals surface area contributed by atoms with E-state index in [0.29, 0.717) is 16.8 Å². The molecule has 6 heteroatoms. The number of nitrogens with one attached hydrogen (secondary N) is 2. The van der Waals surface area contributed by atoms with Crippen molar-refractivity contribution in [2.24, 2.45) is 0 Å². The van der Waals surface area contributed by atoms with Crippen molar-refractivity contribution in [2.45, 2.75) is 71.6 Å². The molecule has 1 heterocycles. The largest absolute Gasteiger partial charge is 0.448 e. The van der Waals surface area contributed by atoms with Crippen LogP contribution < -0.4 is 5.32 Å². The maximum Gasteiger partial charge on any atom is 0.355 e. The van der Waals surface area contributed by atoms with Crippen molar-refractivity contribution < 1.29 is 19.4 Å². The molecule has 1 aliphatic carbocycles. The summed E-state index contributed by atoms with van der Waals surface area (Å²) < 4.78 is 5.27. The number of aromatic nitrogens is 1. The first-order valence-electron chi connectivity index (χ1n) is 8.19. The van der Waals surface area contributed by atoms with E-state index in [-0.39, 0.29) is 11.9 Å². The van der Waals surface area contributed by atoms with Gasteiger partial charge in [-0.05, 0) is 46.1 Å². The number of carbonyl (C=O) groups is 2. The second-order valence-electron chi connectivity index (χ2n) is 6.38. The summed E-state index contributed by atoms with van der Waals surface area (Å²) in [4.78, 5) is 27.3. The van der Waals surface area contributed by atoms with E-state index >= 15 is 0 Å². The van der Waals surface area contributed by atoms with Gasteiger partial charge >= 0.3 is 5.97 Å². The Hall–Kier alpha value is -1.82. The zero-order chi connectivity index (χ0) is 17.1. The SMILES string of the molecule is Cc1[nH]c(C(=O)O[C@H](C)C(=O)NC2CCCC2)c(C)c1[C@H](C)O. The van der Waals surface area contributed by atoms with Crippen LogP contribution in [0, 0.1) is 13.8 Å². The molecule has 2 atom stereocenters. The molecule has 0 spiro atoms. The molecule has 6 nitrogen and oxygen atoms in total. The smallest absolute Gasteiger partial charge is 0.355 e.